The third-order valence-corrected chi connectivity index (χ3v) is 8.82. The van der Waals surface area contributed by atoms with Crippen molar-refractivity contribution in [3.63, 3.8) is 0 Å². The Balaban J connectivity index is 1.17. The number of amides is 2. The molecule has 4 aromatic rings. The Kier molecular flexibility index (Phi) is 5.75. The number of esters is 1. The molecule has 41 heavy (non-hydrogen) atoms. The lowest BCUT2D eigenvalue weighted by Gasteiger charge is -2.45. The van der Waals surface area contributed by atoms with Crippen molar-refractivity contribution in [3.8, 4) is 0 Å². The Hall–Kier alpha value is -4.84. The summed E-state index contributed by atoms with van der Waals surface area (Å²) in [7, 11) is 0. The maximum atomic E-state index is 14.0. The lowest BCUT2D eigenvalue weighted by Crippen LogP contribution is -2.41. The first-order valence-corrected chi connectivity index (χ1v) is 13.8. The van der Waals surface area contributed by atoms with Crippen molar-refractivity contribution in [2.45, 2.75) is 25.7 Å². The molecule has 0 radical (unpaired) electrons. The second-order valence-corrected chi connectivity index (χ2v) is 11.1. The molecule has 2 unspecified atom stereocenters. The van der Waals surface area contributed by atoms with Crippen LogP contribution in [0.5, 0.6) is 0 Å². The summed E-state index contributed by atoms with van der Waals surface area (Å²) < 4.78 is 5.36. The van der Waals surface area contributed by atoms with Crippen LogP contribution in [0.1, 0.15) is 65.9 Å². The van der Waals surface area contributed by atoms with Gasteiger partial charge in [0, 0.05) is 17.4 Å². The molecule has 202 valence electrons. The van der Waals surface area contributed by atoms with Gasteiger partial charge in [-0.1, -0.05) is 72.3 Å². The molecule has 0 spiro atoms. The highest BCUT2D eigenvalue weighted by Gasteiger charge is 2.61. The number of imide groups is 1. The Morgan fingerprint density at radius 1 is 0.707 bits per heavy atom. The molecule has 3 aliphatic carbocycles. The average Bonchev–Trinajstić information content (AvgIpc) is 3.27. The number of aryl methyl sites for hydroxylation is 2. The summed E-state index contributed by atoms with van der Waals surface area (Å²) in [4.78, 5) is 55.0. The molecule has 6 heteroatoms. The van der Waals surface area contributed by atoms with Gasteiger partial charge in [-0.2, -0.15) is 0 Å². The topological polar surface area (TPSA) is 80.8 Å². The van der Waals surface area contributed by atoms with Crippen LogP contribution in [0.4, 0.5) is 5.69 Å². The first-order valence-electron chi connectivity index (χ1n) is 13.8. The molecule has 2 atom stereocenters. The summed E-state index contributed by atoms with van der Waals surface area (Å²) in [5.74, 6) is -2.93. The summed E-state index contributed by atoms with van der Waals surface area (Å²) in [6.45, 7) is 3.33. The van der Waals surface area contributed by atoms with E-state index < -0.39 is 24.4 Å². The number of rotatable bonds is 5. The highest BCUT2D eigenvalue weighted by atomic mass is 16.5. The zero-order valence-electron chi connectivity index (χ0n) is 22.7. The molecule has 6 nitrogen and oxygen atoms in total. The average molecular weight is 542 g/mol. The number of carbonyl (C=O) groups excluding carboxylic acids is 4. The number of anilines is 1. The van der Waals surface area contributed by atoms with Gasteiger partial charge in [0.05, 0.1) is 23.1 Å². The minimum absolute atomic E-state index is 0.168. The van der Waals surface area contributed by atoms with E-state index >= 15 is 0 Å². The lowest BCUT2D eigenvalue weighted by molar-refractivity contribution is -0.122. The third kappa shape index (κ3) is 3.78. The number of ether oxygens (including phenoxy) is 1. The Morgan fingerprint density at radius 3 is 1.83 bits per heavy atom. The van der Waals surface area contributed by atoms with E-state index in [9.17, 15) is 19.2 Å². The summed E-state index contributed by atoms with van der Waals surface area (Å²) in [5.41, 5.74) is 7.18. The summed E-state index contributed by atoms with van der Waals surface area (Å²) in [6, 6.07) is 28.1. The van der Waals surface area contributed by atoms with Crippen LogP contribution in [0, 0.1) is 25.7 Å². The van der Waals surface area contributed by atoms with Gasteiger partial charge in [-0.15, -0.1) is 0 Å². The smallest absolute Gasteiger partial charge is 0.338 e. The standard InChI is InChI=1S/C35H27NO5/c1-19-14-15-20(2)27(16-19)28(37)18-41-35(40)21-8-7-9-22(17-21)36-33(38)31-29-23-10-3-4-11-24(23)30(32(31)34(36)39)26-13-6-5-12-25(26)29/h3-17,29-32H,18H2,1-2H3. The van der Waals surface area contributed by atoms with Crippen molar-refractivity contribution in [2.75, 3.05) is 11.5 Å². The van der Waals surface area contributed by atoms with E-state index in [1.807, 2.05) is 50.2 Å². The zero-order chi connectivity index (χ0) is 28.4. The number of nitrogens with zero attached hydrogens (tertiary/aromatic N) is 1. The first kappa shape index (κ1) is 25.1. The van der Waals surface area contributed by atoms with Crippen LogP contribution < -0.4 is 4.90 Å². The van der Waals surface area contributed by atoms with E-state index in [2.05, 4.69) is 24.3 Å². The number of hydrogen-bond donors (Lipinski definition) is 0. The maximum absolute atomic E-state index is 14.0. The fraction of sp³-hybridized carbons (Fsp3) is 0.200. The summed E-state index contributed by atoms with van der Waals surface area (Å²) in [6.07, 6.45) is 0. The Labute approximate surface area is 237 Å². The van der Waals surface area contributed by atoms with Crippen LogP contribution in [-0.2, 0) is 14.3 Å². The summed E-state index contributed by atoms with van der Waals surface area (Å²) in [5, 5.41) is 0. The highest BCUT2D eigenvalue weighted by Crippen LogP contribution is 2.61. The normalized spacial score (nSPS) is 21.8. The molecule has 4 aromatic carbocycles. The van der Waals surface area contributed by atoms with Gasteiger partial charge in [-0.25, -0.2) is 9.69 Å². The second-order valence-electron chi connectivity index (χ2n) is 11.1. The molecule has 8 rings (SSSR count). The molecule has 2 amide bonds. The molecule has 4 aliphatic rings. The van der Waals surface area contributed by atoms with Gasteiger partial charge in [-0.05, 0) is 65.9 Å². The van der Waals surface area contributed by atoms with Gasteiger partial charge in [0.1, 0.15) is 0 Å². The molecule has 0 N–H and O–H groups in total. The van der Waals surface area contributed by atoms with Crippen molar-refractivity contribution in [1.82, 2.24) is 0 Å². The monoisotopic (exact) mass is 541 g/mol. The van der Waals surface area contributed by atoms with Crippen molar-refractivity contribution in [2.24, 2.45) is 11.8 Å². The lowest BCUT2D eigenvalue weighted by atomic mass is 9.55. The van der Waals surface area contributed by atoms with Gasteiger partial charge in [-0.3, -0.25) is 14.4 Å². The zero-order valence-corrected chi connectivity index (χ0v) is 22.7. The van der Waals surface area contributed by atoms with E-state index in [0.29, 0.717) is 11.3 Å². The molecule has 2 bridgehead atoms. The molecular weight excluding hydrogens is 514 g/mol. The molecule has 0 saturated carbocycles. The van der Waals surface area contributed by atoms with Crippen molar-refractivity contribution >= 4 is 29.3 Å². The Bertz CT molecular complexity index is 1670. The van der Waals surface area contributed by atoms with E-state index in [-0.39, 0.29) is 35.0 Å². The van der Waals surface area contributed by atoms with E-state index in [0.717, 1.165) is 33.4 Å². The van der Waals surface area contributed by atoms with Gasteiger partial charge >= 0.3 is 5.97 Å². The Morgan fingerprint density at radius 2 is 1.27 bits per heavy atom. The van der Waals surface area contributed by atoms with Crippen LogP contribution in [0.2, 0.25) is 0 Å². The van der Waals surface area contributed by atoms with E-state index in [4.69, 9.17) is 4.74 Å². The van der Waals surface area contributed by atoms with Crippen LogP contribution in [0.25, 0.3) is 0 Å². The largest absolute Gasteiger partial charge is 0.454 e. The van der Waals surface area contributed by atoms with Crippen LogP contribution >= 0.6 is 0 Å². The quantitative estimate of drug-likeness (QED) is 0.183. The van der Waals surface area contributed by atoms with Crippen LogP contribution in [0.15, 0.2) is 91.0 Å². The van der Waals surface area contributed by atoms with Crippen molar-refractivity contribution in [3.05, 3.63) is 136 Å². The minimum atomic E-state index is -0.693. The van der Waals surface area contributed by atoms with Gasteiger partial charge in [0.25, 0.3) is 0 Å². The molecule has 0 aromatic heterocycles. The number of Topliss-reactive ketones (excluding diaryl/α,β-unsaturated/α-hetero) is 1. The molecule has 1 aliphatic heterocycles. The SMILES string of the molecule is Cc1ccc(C)c(C(=O)COC(=O)c2cccc(N3C(=O)C4C5c6ccccc6C(c6ccccc65)C4C3=O)c2)c1. The van der Waals surface area contributed by atoms with E-state index in [1.54, 1.807) is 24.3 Å². The predicted molar refractivity (Wildman–Crippen MR) is 153 cm³/mol. The number of hydrogen-bond acceptors (Lipinski definition) is 5. The van der Waals surface area contributed by atoms with Gasteiger partial charge < -0.3 is 4.74 Å². The minimum Gasteiger partial charge on any atom is -0.454 e. The molecule has 1 heterocycles. The van der Waals surface area contributed by atoms with Crippen LogP contribution in [0.3, 0.4) is 0 Å². The third-order valence-electron chi connectivity index (χ3n) is 8.82. The van der Waals surface area contributed by atoms with Crippen molar-refractivity contribution < 1.29 is 23.9 Å². The fourth-order valence-corrected chi connectivity index (χ4v) is 7.03. The predicted octanol–water partition coefficient (Wildman–Crippen LogP) is 5.74. The maximum Gasteiger partial charge on any atom is 0.338 e. The van der Waals surface area contributed by atoms with Crippen LogP contribution in [-0.4, -0.2) is 30.2 Å². The van der Waals surface area contributed by atoms with Crippen molar-refractivity contribution in [1.29, 1.82) is 0 Å². The van der Waals surface area contributed by atoms with E-state index in [1.165, 1.54) is 11.0 Å². The first-order chi connectivity index (χ1) is 19.8. The molecule has 1 saturated heterocycles. The molecule has 1 fully saturated rings. The second kappa shape index (κ2) is 9.37. The number of ketones is 1. The summed E-state index contributed by atoms with van der Waals surface area (Å²) >= 11 is 0. The number of benzene rings is 4. The highest BCUT2D eigenvalue weighted by molar-refractivity contribution is 6.23. The fourth-order valence-electron chi connectivity index (χ4n) is 7.03. The van der Waals surface area contributed by atoms with Gasteiger partial charge in [0.15, 0.2) is 6.61 Å². The van der Waals surface area contributed by atoms with Gasteiger partial charge in [0.2, 0.25) is 17.6 Å². The molecular formula is C35H27NO5. The number of carbonyl (C=O) groups is 4.